The minimum atomic E-state index is -0.475. The van der Waals surface area contributed by atoms with Crippen LogP contribution in [0.25, 0.3) is 0 Å². The van der Waals surface area contributed by atoms with Gasteiger partial charge in [0, 0.05) is 43.6 Å². The van der Waals surface area contributed by atoms with E-state index in [0.717, 1.165) is 12.0 Å². The van der Waals surface area contributed by atoms with Gasteiger partial charge in [-0.3, -0.25) is 14.9 Å². The van der Waals surface area contributed by atoms with Crippen LogP contribution in [0.4, 0.5) is 5.69 Å². The second-order valence-electron chi connectivity index (χ2n) is 4.55. The average Bonchev–Trinajstić information content (AvgIpc) is 2.32. The van der Waals surface area contributed by atoms with Gasteiger partial charge in [-0.1, -0.05) is 6.07 Å². The maximum atomic E-state index is 12.2. The van der Waals surface area contributed by atoms with E-state index in [2.05, 4.69) is 0 Å². The molecule has 1 aliphatic rings. The number of fused-ring (bicyclic) bond motifs is 1. The first-order valence-electron chi connectivity index (χ1n) is 5.68. The number of hydrogen-bond acceptors (Lipinski definition) is 4. The summed E-state index contributed by atoms with van der Waals surface area (Å²) in [5.74, 6) is -0.103. The highest BCUT2D eigenvalue weighted by Gasteiger charge is 2.24. The van der Waals surface area contributed by atoms with Gasteiger partial charge >= 0.3 is 0 Å². The summed E-state index contributed by atoms with van der Waals surface area (Å²) in [7, 11) is 3.70. The van der Waals surface area contributed by atoms with Crippen LogP contribution in [0.3, 0.4) is 0 Å². The molecule has 2 rings (SSSR count). The summed E-state index contributed by atoms with van der Waals surface area (Å²) >= 11 is 0. The zero-order valence-corrected chi connectivity index (χ0v) is 10.3. The number of nitrogens with zero attached hydrogens (tertiary/aromatic N) is 2. The molecule has 18 heavy (non-hydrogen) atoms. The number of hydrogen-bond donors (Lipinski definition) is 0. The molecule has 1 aliphatic carbocycles. The third-order valence-corrected chi connectivity index (χ3v) is 2.92. The Balaban J connectivity index is 2.44. The van der Waals surface area contributed by atoms with Crippen LogP contribution in [-0.2, 0) is 6.42 Å². The van der Waals surface area contributed by atoms with Gasteiger partial charge in [-0.15, -0.1) is 0 Å². The molecule has 5 heteroatoms. The van der Waals surface area contributed by atoms with E-state index in [-0.39, 0.29) is 11.5 Å². The third-order valence-electron chi connectivity index (χ3n) is 2.92. The number of carbonyl (C=O) groups excluding carboxylic acids is 1. The Kier molecular flexibility index (Phi) is 3.14. The number of ketones is 1. The first-order chi connectivity index (χ1) is 8.49. The van der Waals surface area contributed by atoms with Crippen LogP contribution < -0.4 is 0 Å². The highest BCUT2D eigenvalue weighted by Crippen LogP contribution is 2.28. The lowest BCUT2D eigenvalue weighted by Gasteiger charge is -2.18. The highest BCUT2D eigenvalue weighted by molar-refractivity contribution is 6.11. The Hall–Kier alpha value is -2.17. The fraction of sp³-hybridized carbons (Fsp3) is 0.308. The second kappa shape index (κ2) is 4.60. The van der Waals surface area contributed by atoms with Crippen LogP contribution in [0.15, 0.2) is 30.0 Å². The number of rotatable bonds is 2. The van der Waals surface area contributed by atoms with Gasteiger partial charge in [-0.25, -0.2) is 0 Å². The van der Waals surface area contributed by atoms with Crippen LogP contribution >= 0.6 is 0 Å². The first kappa shape index (κ1) is 12.3. The van der Waals surface area contributed by atoms with Crippen molar-refractivity contribution in [2.45, 2.75) is 12.8 Å². The zero-order chi connectivity index (χ0) is 13.3. The van der Waals surface area contributed by atoms with E-state index in [4.69, 9.17) is 0 Å². The summed E-state index contributed by atoms with van der Waals surface area (Å²) < 4.78 is 0. The van der Waals surface area contributed by atoms with Crippen molar-refractivity contribution in [2.75, 3.05) is 14.1 Å². The van der Waals surface area contributed by atoms with E-state index in [1.54, 1.807) is 12.3 Å². The zero-order valence-electron chi connectivity index (χ0n) is 10.3. The molecule has 1 aromatic rings. The minimum absolute atomic E-state index is 0.0341. The number of allylic oxidation sites excluding steroid dienone is 1. The molecule has 0 atom stereocenters. The molecule has 0 spiro atoms. The third kappa shape index (κ3) is 2.25. The van der Waals surface area contributed by atoms with Gasteiger partial charge in [0.2, 0.25) is 0 Å². The number of non-ortho nitro benzene ring substituents is 1. The molecule has 0 fully saturated rings. The lowest BCUT2D eigenvalue weighted by Crippen LogP contribution is -2.17. The Morgan fingerprint density at radius 2 is 2.06 bits per heavy atom. The van der Waals surface area contributed by atoms with Gasteiger partial charge in [-0.05, 0) is 18.4 Å². The quantitative estimate of drug-likeness (QED) is 0.455. The number of benzene rings is 1. The molecule has 0 N–H and O–H groups in total. The summed E-state index contributed by atoms with van der Waals surface area (Å²) in [6, 6.07) is 4.50. The Bertz CT molecular complexity index is 547. The van der Waals surface area contributed by atoms with Gasteiger partial charge in [0.05, 0.1) is 4.92 Å². The molecule has 0 radical (unpaired) electrons. The van der Waals surface area contributed by atoms with E-state index >= 15 is 0 Å². The van der Waals surface area contributed by atoms with Crippen LogP contribution in [-0.4, -0.2) is 29.7 Å². The number of Topliss-reactive ketones (excluding diaryl/α,β-unsaturated/α-hetero) is 1. The fourth-order valence-electron chi connectivity index (χ4n) is 2.10. The average molecular weight is 246 g/mol. The Morgan fingerprint density at radius 3 is 2.67 bits per heavy atom. The van der Waals surface area contributed by atoms with Crippen LogP contribution in [0.1, 0.15) is 22.3 Å². The van der Waals surface area contributed by atoms with Crippen molar-refractivity contribution in [1.29, 1.82) is 0 Å². The predicted molar refractivity (Wildman–Crippen MR) is 67.5 cm³/mol. The van der Waals surface area contributed by atoms with E-state index in [1.807, 2.05) is 19.0 Å². The maximum absolute atomic E-state index is 12.2. The standard InChI is InChI=1S/C13H14N2O3/c1-14(2)8-10-4-3-9-5-6-11(15(17)18)7-12(9)13(10)16/h5-8H,3-4H2,1-2H3/b10-8-. The van der Waals surface area contributed by atoms with Crippen LogP contribution in [0, 0.1) is 10.1 Å². The molecule has 0 amide bonds. The smallest absolute Gasteiger partial charge is 0.270 e. The molecule has 0 heterocycles. The molecule has 0 unspecified atom stereocenters. The maximum Gasteiger partial charge on any atom is 0.270 e. The van der Waals surface area contributed by atoms with Gasteiger partial charge in [0.1, 0.15) is 0 Å². The Labute approximate surface area is 105 Å². The van der Waals surface area contributed by atoms with Gasteiger partial charge in [-0.2, -0.15) is 0 Å². The summed E-state index contributed by atoms with van der Waals surface area (Å²) in [4.78, 5) is 24.3. The molecular formula is C13H14N2O3. The lowest BCUT2D eigenvalue weighted by molar-refractivity contribution is -0.384. The van der Waals surface area contributed by atoms with Crippen molar-refractivity contribution >= 4 is 11.5 Å². The summed E-state index contributed by atoms with van der Waals surface area (Å²) in [5.41, 5.74) is 2.02. The molecule has 1 aromatic carbocycles. The first-order valence-corrected chi connectivity index (χ1v) is 5.68. The molecule has 94 valence electrons. The molecule has 0 aliphatic heterocycles. The summed E-state index contributed by atoms with van der Waals surface area (Å²) in [6.07, 6.45) is 3.21. The van der Waals surface area contributed by atoms with Gasteiger partial charge in [0.25, 0.3) is 5.69 Å². The van der Waals surface area contributed by atoms with E-state index < -0.39 is 4.92 Å². The van der Waals surface area contributed by atoms with Crippen LogP contribution in [0.2, 0.25) is 0 Å². The van der Waals surface area contributed by atoms with E-state index in [1.165, 1.54) is 12.1 Å². The molecule has 0 bridgehead atoms. The van der Waals surface area contributed by atoms with Crippen molar-refractivity contribution in [3.8, 4) is 0 Å². The van der Waals surface area contributed by atoms with Crippen molar-refractivity contribution in [3.05, 3.63) is 51.2 Å². The summed E-state index contributed by atoms with van der Waals surface area (Å²) in [6.45, 7) is 0. The number of aryl methyl sites for hydroxylation is 1. The lowest BCUT2D eigenvalue weighted by atomic mass is 9.87. The monoisotopic (exact) mass is 246 g/mol. The Morgan fingerprint density at radius 1 is 1.33 bits per heavy atom. The van der Waals surface area contributed by atoms with Gasteiger partial charge < -0.3 is 4.90 Å². The largest absolute Gasteiger partial charge is 0.383 e. The molecular weight excluding hydrogens is 232 g/mol. The number of nitro groups is 1. The van der Waals surface area contributed by atoms with Crippen molar-refractivity contribution in [3.63, 3.8) is 0 Å². The van der Waals surface area contributed by atoms with Crippen molar-refractivity contribution in [1.82, 2.24) is 4.90 Å². The molecule has 0 saturated carbocycles. The predicted octanol–water partition coefficient (Wildman–Crippen LogP) is 2.17. The van der Waals surface area contributed by atoms with E-state index in [0.29, 0.717) is 17.6 Å². The molecule has 0 saturated heterocycles. The normalized spacial score (nSPS) is 16.6. The number of carbonyl (C=O) groups is 1. The van der Waals surface area contributed by atoms with Crippen molar-refractivity contribution < 1.29 is 9.72 Å². The van der Waals surface area contributed by atoms with Crippen molar-refractivity contribution in [2.24, 2.45) is 0 Å². The fourth-order valence-corrected chi connectivity index (χ4v) is 2.10. The van der Waals surface area contributed by atoms with Gasteiger partial charge in [0.15, 0.2) is 5.78 Å². The second-order valence-corrected chi connectivity index (χ2v) is 4.55. The topological polar surface area (TPSA) is 63.4 Å². The molecule has 5 nitrogen and oxygen atoms in total. The van der Waals surface area contributed by atoms with E-state index in [9.17, 15) is 14.9 Å². The number of nitro benzene ring substituents is 1. The molecule has 0 aromatic heterocycles. The highest BCUT2D eigenvalue weighted by atomic mass is 16.6. The minimum Gasteiger partial charge on any atom is -0.383 e. The SMILES string of the molecule is CN(C)/C=C1/CCc2ccc([N+](=O)[O-])cc2C1=O. The summed E-state index contributed by atoms with van der Waals surface area (Å²) in [5, 5.41) is 10.7. The van der Waals surface area contributed by atoms with Crippen LogP contribution in [0.5, 0.6) is 0 Å².